The first-order valence-corrected chi connectivity index (χ1v) is 21.7. The van der Waals surface area contributed by atoms with Crippen molar-refractivity contribution in [2.45, 2.75) is 31.2 Å². The summed E-state index contributed by atoms with van der Waals surface area (Å²) in [6.45, 7) is 0.436. The number of hydrogen-bond donors (Lipinski definition) is 1. The monoisotopic (exact) mass is 816 g/mol. The molecule has 2 unspecified atom stereocenters. The smallest absolute Gasteiger partial charge is 0.177 e. The van der Waals surface area contributed by atoms with Crippen molar-refractivity contribution in [2.24, 2.45) is 21.6 Å². The van der Waals surface area contributed by atoms with Gasteiger partial charge in [-0.25, -0.2) is 4.99 Å². The van der Waals surface area contributed by atoms with E-state index in [-0.39, 0.29) is 11.3 Å². The average Bonchev–Trinajstić information content (AvgIpc) is 3.67. The lowest BCUT2D eigenvalue weighted by atomic mass is 9.61. The fourth-order valence-electron chi connectivity index (χ4n) is 9.79. The van der Waals surface area contributed by atoms with Crippen LogP contribution in [0.15, 0.2) is 216 Å². The fraction of sp³-hybridized carbons (Fsp3) is 0.105. The molecule has 2 atom stereocenters. The van der Waals surface area contributed by atoms with Crippen molar-refractivity contribution in [1.82, 2.24) is 4.98 Å². The molecule has 4 aliphatic rings. The van der Waals surface area contributed by atoms with Gasteiger partial charge in [0.15, 0.2) is 28.8 Å². The van der Waals surface area contributed by atoms with Crippen LogP contribution in [0.25, 0.3) is 28.0 Å². The second-order valence-corrected chi connectivity index (χ2v) is 16.3. The minimum absolute atomic E-state index is 0.239. The molecule has 0 fully saturated rings. The van der Waals surface area contributed by atoms with Gasteiger partial charge < -0.3 is 15.2 Å². The quantitative estimate of drug-likeness (QED) is 0.122. The second kappa shape index (κ2) is 16.2. The van der Waals surface area contributed by atoms with Crippen molar-refractivity contribution in [3.63, 3.8) is 0 Å². The van der Waals surface area contributed by atoms with Crippen LogP contribution < -0.4 is 15.2 Å². The lowest BCUT2D eigenvalue weighted by Crippen LogP contribution is -2.36. The van der Waals surface area contributed by atoms with Gasteiger partial charge in [0, 0.05) is 34.0 Å². The number of nitrogens with zero attached hydrogens (tertiary/aromatic N) is 3. The standard InChI is InChI=1S/C57H44N4O2/c58-55(61-56(41-17-4-1-5-18-41)60-37-38-16-14-19-42(36-38)49-27-12-13-35-59-49)40-31-29-39(30-32-40)45-25-15-28-50-53(45)63-54-51(62-50)34-33-48-52(54)46-24-10-11-26-47(46)57(48,43-20-6-2-7-21-43)44-22-8-3-9-23-44/h1-9,11-22,25-36,44H,10,23-24,37H2,(H2,58,60,61). The van der Waals surface area contributed by atoms with Crippen molar-refractivity contribution in [2.75, 3.05) is 0 Å². The number of allylic oxidation sites excluding steroid dienone is 8. The Labute approximate surface area is 367 Å². The van der Waals surface area contributed by atoms with Gasteiger partial charge in [0.2, 0.25) is 0 Å². The van der Waals surface area contributed by atoms with Crippen molar-refractivity contribution >= 4 is 17.2 Å². The predicted molar refractivity (Wildman–Crippen MR) is 254 cm³/mol. The number of rotatable bonds is 8. The molecule has 6 aromatic carbocycles. The summed E-state index contributed by atoms with van der Waals surface area (Å²) in [5.41, 5.74) is 19.5. The number of nitrogens with two attached hydrogens (primary N) is 1. The van der Waals surface area contributed by atoms with E-state index in [4.69, 9.17) is 25.2 Å². The van der Waals surface area contributed by atoms with Gasteiger partial charge in [0.1, 0.15) is 5.84 Å². The van der Waals surface area contributed by atoms with E-state index < -0.39 is 0 Å². The highest BCUT2D eigenvalue weighted by molar-refractivity contribution is 6.11. The van der Waals surface area contributed by atoms with Crippen molar-refractivity contribution < 1.29 is 9.47 Å². The summed E-state index contributed by atoms with van der Waals surface area (Å²) in [4.78, 5) is 14.4. The summed E-state index contributed by atoms with van der Waals surface area (Å²) in [6, 6.07) is 53.8. The van der Waals surface area contributed by atoms with E-state index in [1.165, 1.54) is 22.3 Å². The Kier molecular flexibility index (Phi) is 9.81. The topological polar surface area (TPSA) is 82.1 Å². The molecule has 0 radical (unpaired) electrons. The average molecular weight is 817 g/mol. The maximum atomic E-state index is 7.16. The van der Waals surface area contributed by atoms with Crippen LogP contribution in [-0.4, -0.2) is 16.7 Å². The maximum absolute atomic E-state index is 7.16. The Balaban J connectivity index is 0.926. The first-order chi connectivity index (χ1) is 31.1. The summed E-state index contributed by atoms with van der Waals surface area (Å²) in [6.07, 6.45) is 18.4. The van der Waals surface area contributed by atoms with Gasteiger partial charge in [0.05, 0.1) is 17.7 Å². The van der Waals surface area contributed by atoms with E-state index >= 15 is 0 Å². The highest BCUT2D eigenvalue weighted by Crippen LogP contribution is 2.63. The molecular formula is C57H44N4O2. The number of aliphatic imine (C=N–C) groups is 2. The van der Waals surface area contributed by atoms with E-state index in [1.807, 2.05) is 85.1 Å². The minimum Gasteiger partial charge on any atom is -0.449 e. The summed E-state index contributed by atoms with van der Waals surface area (Å²) in [5, 5.41) is 0. The molecule has 2 heterocycles. The third-order valence-electron chi connectivity index (χ3n) is 12.7. The zero-order valence-electron chi connectivity index (χ0n) is 34.7. The van der Waals surface area contributed by atoms with Gasteiger partial charge in [-0.3, -0.25) is 9.98 Å². The largest absolute Gasteiger partial charge is 0.449 e. The predicted octanol–water partition coefficient (Wildman–Crippen LogP) is 13.2. The highest BCUT2D eigenvalue weighted by Gasteiger charge is 2.51. The third kappa shape index (κ3) is 6.81. The van der Waals surface area contributed by atoms with Crippen molar-refractivity contribution in [3.05, 3.63) is 239 Å². The highest BCUT2D eigenvalue weighted by atomic mass is 16.6. The third-order valence-corrected chi connectivity index (χ3v) is 12.7. The molecule has 304 valence electrons. The summed E-state index contributed by atoms with van der Waals surface area (Å²) >= 11 is 0. The number of aromatic nitrogens is 1. The minimum atomic E-state index is -0.365. The molecule has 0 bridgehead atoms. The summed E-state index contributed by atoms with van der Waals surface area (Å²) in [5.74, 6) is 4.08. The molecule has 1 aromatic heterocycles. The van der Waals surface area contributed by atoms with Gasteiger partial charge in [-0.15, -0.1) is 0 Å². The lowest BCUT2D eigenvalue weighted by molar-refractivity contribution is 0.358. The molecule has 7 aromatic rings. The van der Waals surface area contributed by atoms with Gasteiger partial charge in [-0.05, 0) is 88.9 Å². The first-order valence-electron chi connectivity index (χ1n) is 21.7. The summed E-state index contributed by atoms with van der Waals surface area (Å²) in [7, 11) is 0. The van der Waals surface area contributed by atoms with Crippen LogP contribution in [0.3, 0.4) is 0 Å². The van der Waals surface area contributed by atoms with Crippen LogP contribution in [-0.2, 0) is 12.0 Å². The molecule has 0 amide bonds. The zero-order valence-corrected chi connectivity index (χ0v) is 34.7. The van der Waals surface area contributed by atoms with E-state index in [2.05, 4.69) is 120 Å². The molecule has 3 aliphatic carbocycles. The van der Waals surface area contributed by atoms with Crippen LogP contribution in [0.4, 0.5) is 0 Å². The second-order valence-electron chi connectivity index (χ2n) is 16.3. The summed E-state index contributed by atoms with van der Waals surface area (Å²) < 4.78 is 13.9. The van der Waals surface area contributed by atoms with Gasteiger partial charge in [-0.1, -0.05) is 164 Å². The number of benzene rings is 6. The van der Waals surface area contributed by atoms with Gasteiger partial charge in [0.25, 0.3) is 0 Å². The molecule has 2 N–H and O–H groups in total. The van der Waals surface area contributed by atoms with E-state index in [1.54, 1.807) is 0 Å². The van der Waals surface area contributed by atoms with Crippen molar-refractivity contribution in [3.8, 4) is 45.4 Å². The number of hydrogen-bond acceptors (Lipinski definition) is 4. The Morgan fingerprint density at radius 1 is 0.698 bits per heavy atom. The zero-order chi connectivity index (χ0) is 42.2. The normalized spacial score (nSPS) is 18.5. The molecule has 11 rings (SSSR count). The van der Waals surface area contributed by atoms with Gasteiger partial charge >= 0.3 is 0 Å². The Morgan fingerprint density at radius 3 is 2.32 bits per heavy atom. The molecule has 1 aliphatic heterocycles. The van der Waals surface area contributed by atoms with Crippen LogP contribution in [0.2, 0.25) is 0 Å². The molecule has 63 heavy (non-hydrogen) atoms. The Morgan fingerprint density at radius 2 is 1.51 bits per heavy atom. The molecule has 0 spiro atoms. The molecule has 0 saturated heterocycles. The van der Waals surface area contributed by atoms with E-state index in [0.717, 1.165) is 75.4 Å². The van der Waals surface area contributed by atoms with E-state index in [9.17, 15) is 0 Å². The van der Waals surface area contributed by atoms with E-state index in [0.29, 0.717) is 29.7 Å². The first kappa shape index (κ1) is 38.1. The number of fused-ring (bicyclic) bond motifs is 5. The lowest BCUT2D eigenvalue weighted by Gasteiger charge is -2.41. The Hall–Kier alpha value is -7.83. The fourth-order valence-corrected chi connectivity index (χ4v) is 9.79. The number of para-hydroxylation sites is 1. The number of pyridine rings is 1. The van der Waals surface area contributed by atoms with Crippen LogP contribution >= 0.6 is 0 Å². The van der Waals surface area contributed by atoms with Crippen LogP contribution in [0.5, 0.6) is 23.0 Å². The molecule has 0 saturated carbocycles. The van der Waals surface area contributed by atoms with Crippen LogP contribution in [0.1, 0.15) is 52.6 Å². The van der Waals surface area contributed by atoms with Crippen molar-refractivity contribution in [1.29, 1.82) is 0 Å². The maximum Gasteiger partial charge on any atom is 0.177 e. The number of amidine groups is 2. The molecular weight excluding hydrogens is 773 g/mol. The SMILES string of the molecule is NC(=NC(=NCc1cccc(-c2ccccn2)c1)c1ccccc1)c1ccc(-c2cccc3c2Oc2c(ccc4c2C2=C(C=CCC2)C4(c2ccccc2)C2C=CC=CC2)O3)cc1. The molecule has 6 heteroatoms. The number of ether oxygens (including phenoxy) is 2. The Bertz CT molecular complexity index is 3060. The molecule has 6 nitrogen and oxygen atoms in total. The van der Waals surface area contributed by atoms with Crippen LogP contribution in [0, 0.1) is 5.92 Å². The van der Waals surface area contributed by atoms with Gasteiger partial charge in [-0.2, -0.15) is 0 Å².